The van der Waals surface area contributed by atoms with E-state index in [4.69, 9.17) is 4.99 Å². The van der Waals surface area contributed by atoms with Crippen LogP contribution in [0.1, 0.15) is 24.5 Å². The number of hydrogen-bond acceptors (Lipinski definition) is 3. The molecule has 1 aromatic carbocycles. The molecule has 2 heterocycles. The number of benzene rings is 1. The number of H-pyrrole nitrogens is 1. The minimum absolute atomic E-state index is 0. The van der Waals surface area contributed by atoms with Gasteiger partial charge in [0.25, 0.3) is 0 Å². The first kappa shape index (κ1) is 24.0. The molecule has 3 N–H and O–H groups in total. The van der Waals surface area contributed by atoms with Gasteiger partial charge in [-0.15, -0.1) is 24.0 Å². The number of nitrogens with zero attached hydrogens (tertiary/aromatic N) is 3. The number of aromatic amines is 1. The number of hydrogen-bond donors (Lipinski definition) is 3. The van der Waals surface area contributed by atoms with E-state index in [9.17, 15) is 0 Å². The number of likely N-dealkylation sites (N-methyl/N-ethyl adjacent to an activating group) is 1. The summed E-state index contributed by atoms with van der Waals surface area (Å²) >= 11 is 0. The summed E-state index contributed by atoms with van der Waals surface area (Å²) in [5.74, 6) is 0.921. The van der Waals surface area contributed by atoms with Gasteiger partial charge >= 0.3 is 0 Å². The molecular weight excluding hydrogens is 475 g/mol. The third-order valence-corrected chi connectivity index (χ3v) is 5.45. The molecule has 0 radical (unpaired) electrons. The zero-order valence-electron chi connectivity index (χ0n) is 18.1. The average Bonchev–Trinajstić information content (AvgIpc) is 2.95. The van der Waals surface area contributed by atoms with Crippen molar-refractivity contribution in [2.75, 3.05) is 59.4 Å². The molecule has 3 rings (SSSR count). The predicted octanol–water partition coefficient (Wildman–Crippen LogP) is 2.83. The third kappa shape index (κ3) is 7.46. The van der Waals surface area contributed by atoms with Crippen LogP contribution in [0.2, 0.25) is 0 Å². The molecule has 1 fully saturated rings. The van der Waals surface area contributed by atoms with E-state index in [0.717, 1.165) is 51.6 Å². The number of aliphatic imine (C=N–C) groups is 1. The maximum atomic E-state index is 4.78. The van der Waals surface area contributed by atoms with Crippen molar-refractivity contribution >= 4 is 40.8 Å². The van der Waals surface area contributed by atoms with Gasteiger partial charge in [0, 0.05) is 49.8 Å². The van der Waals surface area contributed by atoms with Gasteiger partial charge in [-0.1, -0.05) is 12.1 Å². The topological polar surface area (TPSA) is 58.7 Å². The van der Waals surface area contributed by atoms with Crippen LogP contribution in [-0.4, -0.2) is 80.1 Å². The van der Waals surface area contributed by atoms with Crippen molar-refractivity contribution in [3.63, 3.8) is 0 Å². The Balaban J connectivity index is 0.00000300. The van der Waals surface area contributed by atoms with Crippen molar-refractivity contribution < 1.29 is 0 Å². The van der Waals surface area contributed by atoms with Gasteiger partial charge in [-0.25, -0.2) is 0 Å². The van der Waals surface area contributed by atoms with Crippen LogP contribution in [-0.2, 0) is 6.42 Å². The lowest BCUT2D eigenvalue weighted by Gasteiger charge is -2.19. The van der Waals surface area contributed by atoms with Gasteiger partial charge in [-0.2, -0.15) is 0 Å². The van der Waals surface area contributed by atoms with Gasteiger partial charge in [0.2, 0.25) is 0 Å². The highest BCUT2D eigenvalue weighted by atomic mass is 127. The molecule has 0 bridgehead atoms. The van der Waals surface area contributed by atoms with Crippen LogP contribution in [0.25, 0.3) is 10.9 Å². The van der Waals surface area contributed by atoms with Crippen LogP contribution in [0.5, 0.6) is 0 Å². The second kappa shape index (κ2) is 12.4. The molecule has 0 saturated carbocycles. The van der Waals surface area contributed by atoms with E-state index in [2.05, 4.69) is 70.7 Å². The normalized spacial score (nSPS) is 16.4. The zero-order valence-corrected chi connectivity index (χ0v) is 20.5. The Hall–Kier alpha value is -1.32. The Kier molecular flexibility index (Phi) is 10.2. The highest BCUT2D eigenvalue weighted by Gasteiger charge is 2.11. The zero-order chi connectivity index (χ0) is 19.8. The van der Waals surface area contributed by atoms with Crippen LogP contribution in [0.4, 0.5) is 0 Å². The molecule has 2 aromatic rings. The Morgan fingerprint density at radius 3 is 2.86 bits per heavy atom. The SMILES string of the molecule is CCNC(=NCCN1CCCN(C)CC1)NCCc1c[nH]c2cc(C)ccc12.I. The van der Waals surface area contributed by atoms with Gasteiger partial charge in [-0.3, -0.25) is 4.99 Å². The molecule has 1 aliphatic rings. The molecule has 162 valence electrons. The molecular formula is C22H37IN6. The Morgan fingerprint density at radius 1 is 1.17 bits per heavy atom. The lowest BCUT2D eigenvalue weighted by atomic mass is 10.1. The maximum Gasteiger partial charge on any atom is 0.191 e. The van der Waals surface area contributed by atoms with E-state index >= 15 is 0 Å². The molecule has 0 atom stereocenters. The molecule has 29 heavy (non-hydrogen) atoms. The fourth-order valence-electron chi connectivity index (χ4n) is 3.79. The minimum atomic E-state index is 0. The van der Waals surface area contributed by atoms with Crippen LogP contribution >= 0.6 is 24.0 Å². The predicted molar refractivity (Wildman–Crippen MR) is 135 cm³/mol. The fourth-order valence-corrected chi connectivity index (χ4v) is 3.79. The lowest BCUT2D eigenvalue weighted by Crippen LogP contribution is -2.39. The molecule has 6 nitrogen and oxygen atoms in total. The van der Waals surface area contributed by atoms with Crippen molar-refractivity contribution in [3.05, 3.63) is 35.5 Å². The summed E-state index contributed by atoms with van der Waals surface area (Å²) in [7, 11) is 2.21. The van der Waals surface area contributed by atoms with Gasteiger partial charge in [-0.05, 0) is 64.0 Å². The van der Waals surface area contributed by atoms with Crippen LogP contribution in [0, 0.1) is 6.92 Å². The summed E-state index contributed by atoms with van der Waals surface area (Å²) in [6, 6.07) is 6.60. The van der Waals surface area contributed by atoms with Crippen LogP contribution < -0.4 is 10.6 Å². The highest BCUT2D eigenvalue weighted by Crippen LogP contribution is 2.19. The Bertz CT molecular complexity index is 772. The van der Waals surface area contributed by atoms with Gasteiger partial charge in [0.05, 0.1) is 6.54 Å². The molecule has 0 spiro atoms. The first-order valence-electron chi connectivity index (χ1n) is 10.7. The van der Waals surface area contributed by atoms with Gasteiger partial charge < -0.3 is 25.4 Å². The largest absolute Gasteiger partial charge is 0.361 e. The summed E-state index contributed by atoms with van der Waals surface area (Å²) in [6.45, 7) is 12.6. The fraction of sp³-hybridized carbons (Fsp3) is 0.591. The number of aromatic nitrogens is 1. The lowest BCUT2D eigenvalue weighted by molar-refractivity contribution is 0.283. The van der Waals surface area contributed by atoms with E-state index < -0.39 is 0 Å². The average molecular weight is 512 g/mol. The van der Waals surface area contributed by atoms with Gasteiger partial charge in [0.15, 0.2) is 5.96 Å². The number of fused-ring (bicyclic) bond motifs is 1. The Labute approximate surface area is 192 Å². The van der Waals surface area contributed by atoms with Crippen LogP contribution in [0.3, 0.4) is 0 Å². The highest BCUT2D eigenvalue weighted by molar-refractivity contribution is 14.0. The number of rotatable bonds is 7. The summed E-state index contributed by atoms with van der Waals surface area (Å²) in [4.78, 5) is 13.1. The summed E-state index contributed by atoms with van der Waals surface area (Å²) < 4.78 is 0. The molecule has 0 amide bonds. The van der Waals surface area contributed by atoms with Gasteiger partial charge in [0.1, 0.15) is 0 Å². The second-order valence-corrected chi connectivity index (χ2v) is 7.80. The van der Waals surface area contributed by atoms with Crippen LogP contribution in [0.15, 0.2) is 29.4 Å². The van der Waals surface area contributed by atoms with Crippen molar-refractivity contribution in [2.45, 2.75) is 26.7 Å². The number of aryl methyl sites for hydroxylation is 1. The molecule has 7 heteroatoms. The van der Waals surface area contributed by atoms with Crippen molar-refractivity contribution in [1.29, 1.82) is 0 Å². The monoisotopic (exact) mass is 512 g/mol. The van der Waals surface area contributed by atoms with E-state index in [1.54, 1.807) is 0 Å². The summed E-state index contributed by atoms with van der Waals surface area (Å²) in [6.07, 6.45) is 4.36. The number of halogens is 1. The van der Waals surface area contributed by atoms with E-state index in [1.807, 2.05) is 0 Å². The molecule has 1 saturated heterocycles. The molecule has 0 aliphatic carbocycles. The maximum absolute atomic E-state index is 4.78. The summed E-state index contributed by atoms with van der Waals surface area (Å²) in [5.41, 5.74) is 3.86. The second-order valence-electron chi connectivity index (χ2n) is 7.80. The van der Waals surface area contributed by atoms with Crippen molar-refractivity contribution in [2.24, 2.45) is 4.99 Å². The van der Waals surface area contributed by atoms with E-state index in [-0.39, 0.29) is 24.0 Å². The molecule has 1 aliphatic heterocycles. The third-order valence-electron chi connectivity index (χ3n) is 5.45. The van der Waals surface area contributed by atoms with Crippen molar-refractivity contribution in [1.82, 2.24) is 25.4 Å². The van der Waals surface area contributed by atoms with E-state index in [0.29, 0.717) is 0 Å². The Morgan fingerprint density at radius 2 is 2.03 bits per heavy atom. The first-order valence-corrected chi connectivity index (χ1v) is 10.7. The number of guanidine groups is 1. The van der Waals surface area contributed by atoms with E-state index in [1.165, 1.54) is 41.5 Å². The molecule has 1 aromatic heterocycles. The quantitative estimate of drug-likeness (QED) is 0.304. The standard InChI is InChI=1S/C22H36N6.HI/c1-4-23-22(25-10-13-28-12-5-11-27(3)14-15-28)24-9-8-19-17-26-21-16-18(2)6-7-20(19)21;/h6-7,16-17,26H,4-5,8-15H2,1-3H3,(H2,23,24,25);1H. The number of nitrogens with one attached hydrogen (secondary N) is 3. The smallest absolute Gasteiger partial charge is 0.191 e. The molecule has 0 unspecified atom stereocenters. The first-order chi connectivity index (χ1) is 13.7. The summed E-state index contributed by atoms with van der Waals surface area (Å²) in [5, 5.41) is 8.18. The minimum Gasteiger partial charge on any atom is -0.361 e. The van der Waals surface area contributed by atoms with Crippen molar-refractivity contribution in [3.8, 4) is 0 Å².